The van der Waals surface area contributed by atoms with Gasteiger partial charge in [-0.25, -0.2) is 0 Å². The Kier molecular flexibility index (Phi) is 3.75. The van der Waals surface area contributed by atoms with Crippen LogP contribution in [0.3, 0.4) is 0 Å². The Hall–Kier alpha value is -1.05. The highest BCUT2D eigenvalue weighted by Gasteiger charge is 2.59. The molecule has 24 heavy (non-hydrogen) atoms. The van der Waals surface area contributed by atoms with E-state index < -0.39 is 0 Å². The Morgan fingerprint density at radius 3 is 2.75 bits per heavy atom. The third-order valence-electron chi connectivity index (χ3n) is 8.39. The largest absolute Gasteiger partial charge is 0.462 e. The van der Waals surface area contributed by atoms with Gasteiger partial charge in [0.25, 0.3) is 0 Å². The van der Waals surface area contributed by atoms with Gasteiger partial charge in [-0.2, -0.15) is 0 Å². The molecule has 0 aromatic heterocycles. The van der Waals surface area contributed by atoms with Crippen molar-refractivity contribution in [3.63, 3.8) is 0 Å². The van der Waals surface area contributed by atoms with Crippen LogP contribution in [-0.2, 0) is 9.53 Å². The zero-order valence-corrected chi connectivity index (χ0v) is 15.7. The van der Waals surface area contributed by atoms with E-state index in [0.29, 0.717) is 23.2 Å². The van der Waals surface area contributed by atoms with Gasteiger partial charge in [0.05, 0.1) is 0 Å². The minimum atomic E-state index is -0.111. The van der Waals surface area contributed by atoms with Crippen molar-refractivity contribution < 1.29 is 9.53 Å². The quantitative estimate of drug-likeness (QED) is 0.483. The maximum atomic E-state index is 11.7. The molecule has 0 bridgehead atoms. The van der Waals surface area contributed by atoms with Gasteiger partial charge in [0.1, 0.15) is 6.10 Å². The molecule has 0 aromatic carbocycles. The highest BCUT2D eigenvalue weighted by Crippen LogP contribution is 2.65. The van der Waals surface area contributed by atoms with Crippen LogP contribution in [0, 0.1) is 34.5 Å². The Morgan fingerprint density at radius 2 is 2.00 bits per heavy atom. The van der Waals surface area contributed by atoms with Crippen molar-refractivity contribution in [3.05, 3.63) is 23.8 Å². The molecule has 2 heteroatoms. The normalized spacial score (nSPS) is 49.7. The Bertz CT molecular complexity index is 603. The van der Waals surface area contributed by atoms with E-state index in [1.165, 1.54) is 25.7 Å². The molecule has 0 saturated heterocycles. The molecule has 0 aliphatic heterocycles. The van der Waals surface area contributed by atoms with Crippen molar-refractivity contribution in [2.45, 2.75) is 72.3 Å². The first kappa shape index (κ1) is 16.4. The molecular formula is C22H32O2. The third-order valence-corrected chi connectivity index (χ3v) is 8.39. The molecule has 2 saturated carbocycles. The molecule has 4 aliphatic rings. The molecule has 2 fully saturated rings. The van der Waals surface area contributed by atoms with Crippen LogP contribution in [0.4, 0.5) is 0 Å². The standard InChI is InChI=1S/C22H32O2/c1-14-8-11-18-17-10-9-16-6-5-7-20(24-15(2)23)22(16,4)19(17)12-13-21(14,18)3/h6,8,11,14,17-20H,5,7,9-10,12-13H2,1-4H3/t14-,17+,18+,19+,20?,21-,22+/m1/s1. The van der Waals surface area contributed by atoms with Crippen LogP contribution in [-0.4, -0.2) is 12.1 Å². The fourth-order valence-electron chi connectivity index (χ4n) is 6.80. The molecule has 0 radical (unpaired) electrons. The van der Waals surface area contributed by atoms with Gasteiger partial charge in [-0.05, 0) is 67.6 Å². The Labute approximate surface area is 146 Å². The molecule has 2 nitrogen and oxygen atoms in total. The summed E-state index contributed by atoms with van der Waals surface area (Å²) in [4.78, 5) is 11.7. The second-order valence-corrected chi connectivity index (χ2v) is 9.24. The summed E-state index contributed by atoms with van der Waals surface area (Å²) in [5.74, 6) is 2.71. The number of rotatable bonds is 1. The number of ether oxygens (including phenoxy) is 1. The fraction of sp³-hybridized carbons (Fsp3) is 0.773. The first-order valence-electron chi connectivity index (χ1n) is 9.92. The highest BCUT2D eigenvalue weighted by atomic mass is 16.5. The molecule has 0 aromatic rings. The number of fused-ring (bicyclic) bond motifs is 5. The molecular weight excluding hydrogens is 296 g/mol. The van der Waals surface area contributed by atoms with Crippen molar-refractivity contribution in [1.29, 1.82) is 0 Å². The summed E-state index contributed by atoms with van der Waals surface area (Å²) >= 11 is 0. The minimum Gasteiger partial charge on any atom is -0.462 e. The summed E-state index contributed by atoms with van der Waals surface area (Å²) in [6.07, 6.45) is 14.7. The topological polar surface area (TPSA) is 26.3 Å². The van der Waals surface area contributed by atoms with Crippen molar-refractivity contribution >= 4 is 5.97 Å². The van der Waals surface area contributed by atoms with Gasteiger partial charge < -0.3 is 4.74 Å². The van der Waals surface area contributed by atoms with Gasteiger partial charge in [0.15, 0.2) is 0 Å². The number of allylic oxidation sites excluding steroid dienone is 3. The molecule has 4 aliphatic carbocycles. The lowest BCUT2D eigenvalue weighted by atomic mass is 9.46. The van der Waals surface area contributed by atoms with E-state index in [0.717, 1.165) is 18.8 Å². The molecule has 0 amide bonds. The number of hydrogen-bond acceptors (Lipinski definition) is 2. The summed E-state index contributed by atoms with van der Waals surface area (Å²) in [5, 5.41) is 0. The van der Waals surface area contributed by atoms with Crippen LogP contribution in [0.2, 0.25) is 0 Å². The van der Waals surface area contributed by atoms with Crippen LogP contribution < -0.4 is 0 Å². The van der Waals surface area contributed by atoms with E-state index in [1.54, 1.807) is 12.5 Å². The van der Waals surface area contributed by atoms with Gasteiger partial charge in [0, 0.05) is 12.3 Å². The van der Waals surface area contributed by atoms with Crippen LogP contribution in [0.15, 0.2) is 23.8 Å². The lowest BCUT2D eigenvalue weighted by Gasteiger charge is -2.59. The molecule has 0 heterocycles. The first-order valence-corrected chi connectivity index (χ1v) is 9.92. The van der Waals surface area contributed by atoms with Crippen LogP contribution in [0.5, 0.6) is 0 Å². The van der Waals surface area contributed by atoms with E-state index in [1.807, 2.05) is 0 Å². The second-order valence-electron chi connectivity index (χ2n) is 9.24. The molecule has 0 spiro atoms. The summed E-state index contributed by atoms with van der Waals surface area (Å²) in [6, 6.07) is 0. The highest BCUT2D eigenvalue weighted by molar-refractivity contribution is 5.66. The average Bonchev–Trinajstić information content (AvgIpc) is 2.83. The van der Waals surface area contributed by atoms with Crippen molar-refractivity contribution in [1.82, 2.24) is 0 Å². The van der Waals surface area contributed by atoms with Gasteiger partial charge in [0.2, 0.25) is 0 Å². The van der Waals surface area contributed by atoms with E-state index in [4.69, 9.17) is 4.74 Å². The number of esters is 1. The summed E-state index contributed by atoms with van der Waals surface area (Å²) in [6.45, 7) is 8.89. The minimum absolute atomic E-state index is 0.0633. The molecule has 1 unspecified atom stereocenters. The zero-order valence-electron chi connectivity index (χ0n) is 15.7. The lowest BCUT2D eigenvalue weighted by molar-refractivity contribution is -0.161. The first-order chi connectivity index (χ1) is 11.4. The Morgan fingerprint density at radius 1 is 1.21 bits per heavy atom. The molecule has 132 valence electrons. The van der Waals surface area contributed by atoms with Crippen molar-refractivity contribution in [2.24, 2.45) is 34.5 Å². The predicted octanol–water partition coefficient (Wildman–Crippen LogP) is 5.29. The molecule has 0 N–H and O–H groups in total. The summed E-state index contributed by atoms with van der Waals surface area (Å²) in [7, 11) is 0. The summed E-state index contributed by atoms with van der Waals surface area (Å²) in [5.41, 5.74) is 2.10. The second kappa shape index (κ2) is 5.47. The van der Waals surface area contributed by atoms with Gasteiger partial charge >= 0.3 is 5.97 Å². The maximum Gasteiger partial charge on any atom is 0.302 e. The number of carbonyl (C=O) groups excluding carboxylic acids is 1. The average molecular weight is 328 g/mol. The summed E-state index contributed by atoms with van der Waals surface area (Å²) < 4.78 is 5.87. The van der Waals surface area contributed by atoms with E-state index in [9.17, 15) is 4.79 Å². The Balaban J connectivity index is 1.70. The smallest absolute Gasteiger partial charge is 0.302 e. The molecule has 7 atom stereocenters. The van der Waals surface area contributed by atoms with Crippen LogP contribution in [0.25, 0.3) is 0 Å². The third kappa shape index (κ3) is 2.10. The van der Waals surface area contributed by atoms with E-state index in [2.05, 4.69) is 39.0 Å². The van der Waals surface area contributed by atoms with E-state index in [-0.39, 0.29) is 17.5 Å². The van der Waals surface area contributed by atoms with Crippen molar-refractivity contribution in [3.8, 4) is 0 Å². The van der Waals surface area contributed by atoms with E-state index >= 15 is 0 Å². The number of hydrogen-bond donors (Lipinski definition) is 0. The van der Waals surface area contributed by atoms with Crippen LogP contribution in [0.1, 0.15) is 66.2 Å². The lowest BCUT2D eigenvalue weighted by Crippen LogP contribution is -2.55. The van der Waals surface area contributed by atoms with Gasteiger partial charge in [-0.15, -0.1) is 0 Å². The number of carbonyl (C=O) groups is 1. The monoisotopic (exact) mass is 328 g/mol. The maximum absolute atomic E-state index is 11.7. The van der Waals surface area contributed by atoms with Crippen LogP contribution >= 0.6 is 0 Å². The SMILES string of the molecule is CC(=O)OC1CCC=C2CC[C@H]3[C@@H]4C=C[C@@H](C)[C@@]4(C)CC[C@@H]3[C@]21C. The fourth-order valence-corrected chi connectivity index (χ4v) is 6.80. The zero-order chi connectivity index (χ0) is 17.1. The molecule has 4 rings (SSSR count). The van der Waals surface area contributed by atoms with Gasteiger partial charge in [-0.3, -0.25) is 4.79 Å². The van der Waals surface area contributed by atoms with Gasteiger partial charge in [-0.1, -0.05) is 44.6 Å². The predicted molar refractivity (Wildman–Crippen MR) is 96.3 cm³/mol. The van der Waals surface area contributed by atoms with Crippen molar-refractivity contribution in [2.75, 3.05) is 0 Å².